The molecule has 0 radical (unpaired) electrons. The molecule has 4 heteroatoms. The second-order valence-electron chi connectivity index (χ2n) is 19.6. The van der Waals surface area contributed by atoms with E-state index >= 15 is 0 Å². The second kappa shape index (κ2) is 19.3. The van der Waals surface area contributed by atoms with Crippen molar-refractivity contribution in [2.24, 2.45) is 0 Å². The molecule has 0 saturated carbocycles. The molecule has 2 heterocycles. The molecule has 0 aliphatic carbocycles. The van der Waals surface area contributed by atoms with Crippen LogP contribution < -0.4 is 0 Å². The van der Waals surface area contributed by atoms with Crippen LogP contribution in [0.3, 0.4) is 0 Å². The molecule has 0 aliphatic heterocycles. The lowest BCUT2D eigenvalue weighted by Crippen LogP contribution is -2.02. The van der Waals surface area contributed by atoms with Crippen LogP contribution in [0.2, 0.25) is 0 Å². The van der Waals surface area contributed by atoms with Crippen molar-refractivity contribution in [2.45, 2.75) is 79.0 Å². The summed E-state index contributed by atoms with van der Waals surface area (Å²) in [5.41, 5.74) is 19.4. The standard InChI is InChI=1S/C66H61N3O/c1-41(2)51-38-59(44(7)8)65(70)60(39-51)66-68-64-58(23-16-24-62(64)69(66)55-31-29-49(30-32-55)63-56(42(3)4)21-15-22-57(63)43(5)6)53-35-52(46-19-13-10-14-20-46)36-54(37-53)61-40-50(33-34-67-61)48-27-25-47(26-28-48)45-17-11-9-12-18-45/h9-44,70H,1-8H3/i42D,43D. The van der Waals surface area contributed by atoms with E-state index in [0.29, 0.717) is 11.4 Å². The van der Waals surface area contributed by atoms with Crippen molar-refractivity contribution in [1.82, 2.24) is 14.5 Å². The highest BCUT2D eigenvalue weighted by atomic mass is 16.3. The fourth-order valence-corrected chi connectivity index (χ4v) is 9.85. The third-order valence-electron chi connectivity index (χ3n) is 13.7. The number of fused-ring (bicyclic) bond motifs is 1. The lowest BCUT2D eigenvalue weighted by atomic mass is 9.85. The smallest absolute Gasteiger partial charge is 0.149 e. The Labute approximate surface area is 416 Å². The first-order chi connectivity index (χ1) is 34.5. The third kappa shape index (κ3) is 8.87. The quantitative estimate of drug-likeness (QED) is 0.133. The number of pyridine rings is 1. The van der Waals surface area contributed by atoms with Gasteiger partial charge in [0, 0.05) is 25.8 Å². The fraction of sp³-hybridized carbons (Fsp3) is 0.182. The molecular weight excluding hydrogens is 851 g/mol. The number of hydrogen-bond donors (Lipinski definition) is 1. The van der Waals surface area contributed by atoms with E-state index in [-0.39, 0.29) is 17.6 Å². The van der Waals surface area contributed by atoms with Crippen LogP contribution in [-0.2, 0) is 0 Å². The van der Waals surface area contributed by atoms with Crippen molar-refractivity contribution in [3.8, 4) is 89.7 Å². The van der Waals surface area contributed by atoms with Crippen molar-refractivity contribution in [3.63, 3.8) is 0 Å². The van der Waals surface area contributed by atoms with Crippen molar-refractivity contribution in [3.05, 3.63) is 217 Å². The number of benzene rings is 8. The molecule has 2 aromatic heterocycles. The fourth-order valence-electron chi connectivity index (χ4n) is 9.85. The number of nitrogens with zero attached hydrogens (tertiary/aromatic N) is 3. The molecule has 0 amide bonds. The van der Waals surface area contributed by atoms with Gasteiger partial charge in [-0.25, -0.2) is 4.98 Å². The lowest BCUT2D eigenvalue weighted by Gasteiger charge is -2.21. The SMILES string of the molecule is [2H]C(C)(C)c1cccc(C([2H])(C)C)c1-c1ccc(-n2c(-c3cc(C(C)C)cc(C(C)C)c3O)nc3c(-c4cc(-c5ccccc5)cc(-c5cc(-c6ccc(-c7ccccc7)cc6)ccn5)c4)cccc32)cc1. The first-order valence-corrected chi connectivity index (χ1v) is 24.5. The Morgan fingerprint density at radius 3 is 1.61 bits per heavy atom. The van der Waals surface area contributed by atoms with Gasteiger partial charge in [-0.2, -0.15) is 0 Å². The number of aromatic hydroxyl groups is 1. The van der Waals surface area contributed by atoms with Gasteiger partial charge in [0.25, 0.3) is 0 Å². The zero-order chi connectivity index (χ0) is 50.5. The average Bonchev–Trinajstić information content (AvgIpc) is 3.78. The van der Waals surface area contributed by atoms with Crippen molar-refractivity contribution < 1.29 is 7.85 Å². The van der Waals surface area contributed by atoms with Gasteiger partial charge in [-0.05, 0) is 151 Å². The molecule has 0 aliphatic rings. The Balaban J connectivity index is 1.17. The molecule has 0 unspecified atom stereocenters. The molecular formula is C66H61N3O. The van der Waals surface area contributed by atoms with E-state index < -0.39 is 11.8 Å². The van der Waals surface area contributed by atoms with Gasteiger partial charge in [0.15, 0.2) is 0 Å². The number of phenolic OH excluding ortho intramolecular Hbond substituents is 1. The largest absolute Gasteiger partial charge is 0.507 e. The maximum atomic E-state index is 12.3. The maximum Gasteiger partial charge on any atom is 0.149 e. The lowest BCUT2D eigenvalue weighted by molar-refractivity contribution is 0.466. The van der Waals surface area contributed by atoms with Crippen LogP contribution in [0.1, 0.15) is 104 Å². The molecule has 70 heavy (non-hydrogen) atoms. The Kier molecular flexibility index (Phi) is 12.0. The predicted octanol–water partition coefficient (Wildman–Crippen LogP) is 18.3. The molecule has 4 nitrogen and oxygen atoms in total. The number of hydrogen-bond acceptors (Lipinski definition) is 3. The second-order valence-corrected chi connectivity index (χ2v) is 19.6. The van der Waals surface area contributed by atoms with Crippen molar-refractivity contribution in [1.29, 1.82) is 0 Å². The molecule has 10 aromatic rings. The maximum absolute atomic E-state index is 12.3. The highest BCUT2D eigenvalue weighted by Gasteiger charge is 2.25. The highest BCUT2D eigenvalue weighted by Crippen LogP contribution is 2.44. The Morgan fingerprint density at radius 2 is 1.00 bits per heavy atom. The summed E-state index contributed by atoms with van der Waals surface area (Å²) < 4.78 is 20.5. The van der Waals surface area contributed by atoms with Gasteiger partial charge in [0.05, 0.1) is 22.3 Å². The molecule has 1 N–H and O–H groups in total. The molecule has 0 atom stereocenters. The number of phenols is 1. The summed E-state index contributed by atoms with van der Waals surface area (Å²) in [7, 11) is 0. The van der Waals surface area contributed by atoms with E-state index in [4.69, 9.17) is 12.7 Å². The summed E-state index contributed by atoms with van der Waals surface area (Å²) in [6, 6.07) is 65.6. The van der Waals surface area contributed by atoms with Gasteiger partial charge in [-0.3, -0.25) is 9.55 Å². The molecule has 0 fully saturated rings. The van der Waals surface area contributed by atoms with Gasteiger partial charge >= 0.3 is 0 Å². The summed E-state index contributed by atoms with van der Waals surface area (Å²) in [5, 5.41) is 12.3. The molecule has 0 bridgehead atoms. The predicted molar refractivity (Wildman–Crippen MR) is 295 cm³/mol. The summed E-state index contributed by atoms with van der Waals surface area (Å²) >= 11 is 0. The highest BCUT2D eigenvalue weighted by molar-refractivity contribution is 5.98. The van der Waals surface area contributed by atoms with Crippen molar-refractivity contribution in [2.75, 3.05) is 0 Å². The van der Waals surface area contributed by atoms with E-state index in [2.05, 4.69) is 190 Å². The van der Waals surface area contributed by atoms with E-state index in [1.165, 1.54) is 11.1 Å². The van der Waals surface area contributed by atoms with Gasteiger partial charge in [0.2, 0.25) is 0 Å². The number of imidazole rings is 1. The van der Waals surface area contributed by atoms with Crippen LogP contribution in [0.4, 0.5) is 0 Å². The van der Waals surface area contributed by atoms with Crippen LogP contribution in [0.5, 0.6) is 5.75 Å². The number of para-hydroxylation sites is 1. The first kappa shape index (κ1) is 43.5. The van der Waals surface area contributed by atoms with E-state index in [1.54, 1.807) is 0 Å². The van der Waals surface area contributed by atoms with Gasteiger partial charge in [-0.15, -0.1) is 0 Å². The number of aromatic nitrogens is 3. The van der Waals surface area contributed by atoms with E-state index in [0.717, 1.165) is 94.7 Å². The van der Waals surface area contributed by atoms with Gasteiger partial charge in [0.1, 0.15) is 11.6 Å². The van der Waals surface area contributed by atoms with Crippen LogP contribution in [0.25, 0.3) is 95.0 Å². The summed E-state index contributed by atoms with van der Waals surface area (Å²) in [4.78, 5) is 10.6. The molecule has 346 valence electrons. The normalized spacial score (nSPS) is 12.4. The van der Waals surface area contributed by atoms with E-state index in [9.17, 15) is 5.11 Å². The Hall–Kier alpha value is -7.82. The zero-order valence-corrected chi connectivity index (χ0v) is 41.4. The third-order valence-corrected chi connectivity index (χ3v) is 13.7. The Bertz CT molecular complexity index is 3550. The van der Waals surface area contributed by atoms with Crippen LogP contribution in [0.15, 0.2) is 194 Å². The van der Waals surface area contributed by atoms with E-state index in [1.807, 2.05) is 64.2 Å². The minimum atomic E-state index is -0.891. The summed E-state index contributed by atoms with van der Waals surface area (Å²) in [5.74, 6) is -0.624. The molecule has 0 spiro atoms. The monoisotopic (exact) mass is 913 g/mol. The van der Waals surface area contributed by atoms with Crippen LogP contribution in [-0.4, -0.2) is 19.6 Å². The molecule has 0 saturated heterocycles. The minimum absolute atomic E-state index is 0.0758. The summed E-state index contributed by atoms with van der Waals surface area (Å²) in [6.07, 6.45) is 1.90. The zero-order valence-electron chi connectivity index (χ0n) is 43.4. The number of rotatable bonds is 12. The Morgan fingerprint density at radius 1 is 0.443 bits per heavy atom. The van der Waals surface area contributed by atoms with Gasteiger partial charge in [-0.1, -0.05) is 189 Å². The molecule has 10 rings (SSSR count). The first-order valence-electron chi connectivity index (χ1n) is 25.5. The van der Waals surface area contributed by atoms with Crippen LogP contribution >= 0.6 is 0 Å². The average molecular weight is 914 g/mol. The van der Waals surface area contributed by atoms with Crippen LogP contribution in [0, 0.1) is 0 Å². The van der Waals surface area contributed by atoms with Crippen molar-refractivity contribution >= 4 is 11.0 Å². The topological polar surface area (TPSA) is 50.9 Å². The minimum Gasteiger partial charge on any atom is -0.507 e. The summed E-state index contributed by atoms with van der Waals surface area (Å²) in [6.45, 7) is 16.2. The molecule has 8 aromatic carbocycles. The van der Waals surface area contributed by atoms with Gasteiger partial charge < -0.3 is 5.11 Å².